The first-order valence-electron chi connectivity index (χ1n) is 13.0. The minimum Gasteiger partial charge on any atom is -0.312 e. The molecule has 0 unspecified atom stereocenters. The van der Waals surface area contributed by atoms with E-state index in [4.69, 9.17) is 16.6 Å². The van der Waals surface area contributed by atoms with Gasteiger partial charge in [0.1, 0.15) is 0 Å². The van der Waals surface area contributed by atoms with Crippen molar-refractivity contribution < 1.29 is 9.36 Å². The van der Waals surface area contributed by atoms with Gasteiger partial charge in [-0.3, -0.25) is 9.78 Å². The van der Waals surface area contributed by atoms with Gasteiger partial charge in [-0.2, -0.15) is 0 Å². The molecule has 1 heterocycles. The number of Topliss-reactive ketones (excluding diaryl/α,β-unsaturated/α-hetero) is 1. The Bertz CT molecular complexity index is 1800. The normalized spacial score (nSPS) is 13.0. The standard InChI is InChI=1S/C35H25ClNO2P/c36-29-23-21-28(22-24-29)35(34(38)27-13-4-1-5-14-27,33-25-20-26-12-10-11-19-32(26)37-33)40(39,30-15-6-2-7-16-30)31-17-8-3-9-18-31/h1-25H/t35-/m0/s1. The van der Waals surface area contributed by atoms with Gasteiger partial charge in [-0.05, 0) is 29.8 Å². The Balaban J connectivity index is 1.84. The molecule has 40 heavy (non-hydrogen) atoms. The molecule has 0 saturated carbocycles. The number of hydrogen-bond donors (Lipinski definition) is 0. The Morgan fingerprint density at radius 3 is 1.73 bits per heavy atom. The minimum atomic E-state index is -3.88. The van der Waals surface area contributed by atoms with E-state index in [-0.39, 0.29) is 5.78 Å². The van der Waals surface area contributed by atoms with E-state index in [1.807, 2.05) is 115 Å². The second-order valence-electron chi connectivity index (χ2n) is 9.58. The molecular formula is C35H25ClNO2P. The second-order valence-corrected chi connectivity index (χ2v) is 12.9. The lowest BCUT2D eigenvalue weighted by atomic mass is 9.86. The van der Waals surface area contributed by atoms with Gasteiger partial charge in [0.25, 0.3) is 0 Å². The van der Waals surface area contributed by atoms with Crippen LogP contribution in [0.1, 0.15) is 21.6 Å². The summed E-state index contributed by atoms with van der Waals surface area (Å²) in [6.07, 6.45) is 0. The molecular weight excluding hydrogens is 533 g/mol. The third-order valence-corrected chi connectivity index (χ3v) is 11.2. The average molecular weight is 558 g/mol. The lowest BCUT2D eigenvalue weighted by Gasteiger charge is -2.40. The van der Waals surface area contributed by atoms with Crippen molar-refractivity contribution in [2.45, 2.75) is 5.16 Å². The van der Waals surface area contributed by atoms with Crippen molar-refractivity contribution in [1.29, 1.82) is 0 Å². The molecule has 6 rings (SSSR count). The van der Waals surface area contributed by atoms with Crippen molar-refractivity contribution in [1.82, 2.24) is 4.98 Å². The molecule has 0 aliphatic heterocycles. The Hall–Kier alpha value is -4.30. The smallest absolute Gasteiger partial charge is 0.187 e. The van der Waals surface area contributed by atoms with Crippen LogP contribution in [-0.4, -0.2) is 10.8 Å². The molecule has 0 amide bonds. The summed E-state index contributed by atoms with van der Waals surface area (Å²) in [5.41, 5.74) is 2.13. The van der Waals surface area contributed by atoms with Gasteiger partial charge in [0, 0.05) is 26.6 Å². The number of para-hydroxylation sites is 1. The van der Waals surface area contributed by atoms with E-state index in [1.54, 1.807) is 36.4 Å². The van der Waals surface area contributed by atoms with Crippen molar-refractivity contribution in [3.8, 4) is 0 Å². The zero-order chi connectivity index (χ0) is 27.6. The first-order valence-corrected chi connectivity index (χ1v) is 15.1. The number of benzene rings is 5. The third kappa shape index (κ3) is 4.19. The largest absolute Gasteiger partial charge is 0.312 e. The van der Waals surface area contributed by atoms with Gasteiger partial charge in [-0.1, -0.05) is 139 Å². The molecule has 0 radical (unpaired) electrons. The number of carbonyl (C=O) groups is 1. The Labute approximate surface area is 238 Å². The van der Waals surface area contributed by atoms with Crippen LogP contribution in [0, 0.1) is 0 Å². The Morgan fingerprint density at radius 1 is 0.600 bits per heavy atom. The van der Waals surface area contributed by atoms with Gasteiger partial charge >= 0.3 is 0 Å². The van der Waals surface area contributed by atoms with Gasteiger partial charge in [0.2, 0.25) is 0 Å². The van der Waals surface area contributed by atoms with Crippen LogP contribution in [0.5, 0.6) is 0 Å². The van der Waals surface area contributed by atoms with Crippen molar-refractivity contribution in [3.63, 3.8) is 0 Å². The lowest BCUT2D eigenvalue weighted by Crippen LogP contribution is -2.44. The molecule has 5 aromatic carbocycles. The molecule has 0 aliphatic rings. The molecule has 0 spiro atoms. The summed E-state index contributed by atoms with van der Waals surface area (Å²) in [5, 5.41) is 0.875. The second kappa shape index (κ2) is 10.7. The summed E-state index contributed by atoms with van der Waals surface area (Å²) in [7, 11) is -3.88. The zero-order valence-electron chi connectivity index (χ0n) is 21.5. The maximum absolute atomic E-state index is 16.4. The number of ketones is 1. The van der Waals surface area contributed by atoms with Gasteiger partial charge in [0.15, 0.2) is 18.1 Å². The van der Waals surface area contributed by atoms with Crippen LogP contribution in [0.4, 0.5) is 0 Å². The van der Waals surface area contributed by atoms with Crippen molar-refractivity contribution >= 4 is 46.0 Å². The molecule has 5 heteroatoms. The number of carbonyl (C=O) groups excluding carboxylic acids is 1. The van der Waals surface area contributed by atoms with Crippen LogP contribution in [-0.2, 0) is 9.72 Å². The number of halogens is 1. The fraction of sp³-hybridized carbons (Fsp3) is 0.0286. The van der Waals surface area contributed by atoms with Crippen LogP contribution in [0.15, 0.2) is 152 Å². The first-order chi connectivity index (χ1) is 19.5. The first kappa shape index (κ1) is 26.0. The fourth-order valence-corrected chi connectivity index (χ4v) is 9.21. The molecule has 0 bridgehead atoms. The van der Waals surface area contributed by atoms with Gasteiger partial charge < -0.3 is 4.57 Å². The predicted molar refractivity (Wildman–Crippen MR) is 165 cm³/mol. The molecule has 1 aromatic heterocycles. The molecule has 194 valence electrons. The summed E-state index contributed by atoms with van der Waals surface area (Å²) < 4.78 is 16.4. The quantitative estimate of drug-likeness (QED) is 0.147. The predicted octanol–water partition coefficient (Wildman–Crippen LogP) is 8.03. The maximum atomic E-state index is 16.4. The highest BCUT2D eigenvalue weighted by Gasteiger charge is 2.59. The van der Waals surface area contributed by atoms with E-state index in [2.05, 4.69) is 0 Å². The zero-order valence-corrected chi connectivity index (χ0v) is 23.2. The van der Waals surface area contributed by atoms with E-state index in [9.17, 15) is 0 Å². The molecule has 6 aromatic rings. The van der Waals surface area contributed by atoms with Crippen LogP contribution in [0.3, 0.4) is 0 Å². The Kier molecular flexibility index (Phi) is 6.94. The summed E-state index contributed by atoms with van der Waals surface area (Å²) in [4.78, 5) is 20.3. The molecule has 3 nitrogen and oxygen atoms in total. The summed E-state index contributed by atoms with van der Waals surface area (Å²) in [6, 6.07) is 46.3. The number of fused-ring (bicyclic) bond motifs is 1. The molecule has 0 aliphatic carbocycles. The molecule has 0 N–H and O–H groups in total. The van der Waals surface area contributed by atoms with E-state index in [0.717, 1.165) is 5.39 Å². The summed E-state index contributed by atoms with van der Waals surface area (Å²) in [6.45, 7) is 0. The summed E-state index contributed by atoms with van der Waals surface area (Å²) in [5.74, 6) is -0.297. The molecule has 0 fully saturated rings. The van der Waals surface area contributed by atoms with Crippen molar-refractivity contribution in [2.75, 3.05) is 0 Å². The number of pyridine rings is 1. The fourth-order valence-electron chi connectivity index (χ4n) is 5.45. The van der Waals surface area contributed by atoms with Gasteiger partial charge in [0.05, 0.1) is 11.2 Å². The average Bonchev–Trinajstić information content (AvgIpc) is 3.03. The monoisotopic (exact) mass is 557 g/mol. The Morgan fingerprint density at radius 2 is 1.12 bits per heavy atom. The minimum absolute atomic E-state index is 0.297. The highest BCUT2D eigenvalue weighted by Crippen LogP contribution is 2.65. The van der Waals surface area contributed by atoms with Crippen molar-refractivity contribution in [3.05, 3.63) is 174 Å². The van der Waals surface area contributed by atoms with Crippen molar-refractivity contribution in [2.24, 2.45) is 0 Å². The van der Waals surface area contributed by atoms with Crippen LogP contribution >= 0.6 is 18.7 Å². The topological polar surface area (TPSA) is 47.0 Å². The molecule has 0 saturated heterocycles. The van der Waals surface area contributed by atoms with Gasteiger partial charge in [-0.15, -0.1) is 0 Å². The van der Waals surface area contributed by atoms with E-state index >= 15 is 9.36 Å². The number of rotatable bonds is 7. The van der Waals surface area contributed by atoms with Crippen LogP contribution in [0.2, 0.25) is 5.02 Å². The van der Waals surface area contributed by atoms with Crippen LogP contribution < -0.4 is 10.6 Å². The number of nitrogens with zero attached hydrogens (tertiary/aromatic N) is 1. The van der Waals surface area contributed by atoms with Crippen LogP contribution in [0.25, 0.3) is 10.9 Å². The van der Waals surface area contributed by atoms with Gasteiger partial charge in [-0.25, -0.2) is 0 Å². The highest BCUT2D eigenvalue weighted by molar-refractivity contribution is 7.80. The van der Waals surface area contributed by atoms with E-state index in [0.29, 0.717) is 38.0 Å². The number of hydrogen-bond acceptors (Lipinski definition) is 3. The SMILES string of the molecule is O=C(c1ccccc1)[C@](c1ccc(Cl)cc1)(c1ccc2ccccc2n1)P(=O)(c1ccccc1)c1ccccc1. The lowest BCUT2D eigenvalue weighted by molar-refractivity contribution is 0.0953. The molecule has 1 atom stereocenters. The number of aromatic nitrogens is 1. The highest BCUT2D eigenvalue weighted by atomic mass is 35.5. The van der Waals surface area contributed by atoms with E-state index in [1.165, 1.54) is 0 Å². The maximum Gasteiger partial charge on any atom is 0.187 e. The third-order valence-electron chi connectivity index (χ3n) is 7.31. The summed E-state index contributed by atoms with van der Waals surface area (Å²) >= 11 is 6.36. The van der Waals surface area contributed by atoms with E-state index < -0.39 is 12.3 Å².